The molecule has 0 atom stereocenters. The Kier molecular flexibility index (Phi) is 7.79. The zero-order valence-corrected chi connectivity index (χ0v) is 20.0. The van der Waals surface area contributed by atoms with Gasteiger partial charge in [0.05, 0.1) is 20.8 Å². The van der Waals surface area contributed by atoms with Crippen LogP contribution in [0.4, 0.5) is 0 Å². The highest BCUT2D eigenvalue weighted by Crippen LogP contribution is 2.45. The molecule has 0 bridgehead atoms. The van der Waals surface area contributed by atoms with Crippen molar-refractivity contribution in [1.29, 1.82) is 0 Å². The Morgan fingerprint density at radius 2 is 1.87 bits per heavy atom. The topological polar surface area (TPSA) is 63.6 Å². The van der Waals surface area contributed by atoms with E-state index in [1.54, 1.807) is 23.6 Å². The number of thioether (sulfide) groups is 2. The summed E-state index contributed by atoms with van der Waals surface area (Å²) in [7, 11) is 0. The fourth-order valence-electron chi connectivity index (χ4n) is 2.75. The molecule has 10 heteroatoms. The molecule has 0 spiro atoms. The van der Waals surface area contributed by atoms with Crippen molar-refractivity contribution < 1.29 is 9.53 Å². The van der Waals surface area contributed by atoms with Gasteiger partial charge in [-0.3, -0.25) is 4.79 Å². The molecule has 0 saturated carbocycles. The number of carbonyl (C=O) groups excluding carboxylic acids is 1. The number of thiazole rings is 1. The minimum atomic E-state index is -0.419. The van der Waals surface area contributed by atoms with Crippen LogP contribution in [0.5, 0.6) is 5.75 Å². The standard InChI is InChI=1S/C21H17Cl2N3O2S3/c22-16-2-1-3-17(23)15(16)10-24-26-20(27)18-12-31-19(25-18)11-28-14-6-4-13(5-7-14)21-29-8-9-30-21/h1-7,10,12,21H,8-9,11H2,(H,26,27)/b24-10-. The molecule has 5 nitrogen and oxygen atoms in total. The number of nitrogens with one attached hydrogen (secondary N) is 1. The number of hydrogen-bond donors (Lipinski definition) is 1. The summed E-state index contributed by atoms with van der Waals surface area (Å²) < 4.78 is 6.33. The molecule has 2 aromatic carbocycles. The van der Waals surface area contributed by atoms with Crippen LogP contribution in [0.1, 0.15) is 31.2 Å². The number of carbonyl (C=O) groups is 1. The molecule has 1 aromatic heterocycles. The van der Waals surface area contributed by atoms with Crippen LogP contribution in [0.15, 0.2) is 52.9 Å². The van der Waals surface area contributed by atoms with Gasteiger partial charge in [-0.05, 0) is 29.8 Å². The van der Waals surface area contributed by atoms with Crippen LogP contribution in [0.3, 0.4) is 0 Å². The zero-order chi connectivity index (χ0) is 21.6. The van der Waals surface area contributed by atoms with Gasteiger partial charge in [-0.2, -0.15) is 5.10 Å². The molecule has 1 N–H and O–H groups in total. The molecule has 4 rings (SSSR count). The lowest BCUT2D eigenvalue weighted by Gasteiger charge is -2.09. The van der Waals surface area contributed by atoms with Crippen LogP contribution < -0.4 is 10.2 Å². The maximum atomic E-state index is 12.3. The second kappa shape index (κ2) is 10.7. The second-order valence-electron chi connectivity index (χ2n) is 6.39. The number of aromatic nitrogens is 1. The summed E-state index contributed by atoms with van der Waals surface area (Å²) in [6, 6.07) is 13.3. The van der Waals surface area contributed by atoms with Gasteiger partial charge in [-0.25, -0.2) is 10.4 Å². The first-order chi connectivity index (χ1) is 15.1. The van der Waals surface area contributed by atoms with Crippen molar-refractivity contribution in [3.05, 3.63) is 79.7 Å². The Hall–Kier alpha value is -1.71. The third kappa shape index (κ3) is 5.96. The van der Waals surface area contributed by atoms with Crippen LogP contribution in [-0.2, 0) is 6.61 Å². The smallest absolute Gasteiger partial charge is 0.290 e. The number of hydrazone groups is 1. The third-order valence-corrected chi connectivity index (χ3v) is 8.87. The molecule has 1 aliphatic heterocycles. The fourth-order valence-corrected chi connectivity index (χ4v) is 6.79. The van der Waals surface area contributed by atoms with Crippen molar-refractivity contribution in [2.75, 3.05) is 11.5 Å². The summed E-state index contributed by atoms with van der Waals surface area (Å²) in [6.45, 7) is 0.294. The van der Waals surface area contributed by atoms with Crippen molar-refractivity contribution in [2.24, 2.45) is 5.10 Å². The van der Waals surface area contributed by atoms with Gasteiger partial charge in [0, 0.05) is 22.4 Å². The number of rotatable bonds is 7. The first-order valence-electron chi connectivity index (χ1n) is 9.28. The van der Waals surface area contributed by atoms with E-state index in [1.807, 2.05) is 35.7 Å². The number of amides is 1. The van der Waals surface area contributed by atoms with E-state index in [9.17, 15) is 4.79 Å². The van der Waals surface area contributed by atoms with Crippen LogP contribution >= 0.6 is 58.1 Å². The van der Waals surface area contributed by atoms with Gasteiger partial charge >= 0.3 is 0 Å². The first-order valence-corrected chi connectivity index (χ1v) is 13.0. The number of nitrogens with zero attached hydrogens (tertiary/aromatic N) is 2. The van der Waals surface area contributed by atoms with Crippen molar-refractivity contribution in [3.63, 3.8) is 0 Å². The normalized spacial score (nSPS) is 14.3. The van der Waals surface area contributed by atoms with Gasteiger partial charge in [0.25, 0.3) is 5.91 Å². The summed E-state index contributed by atoms with van der Waals surface area (Å²) in [5.74, 6) is 2.76. The summed E-state index contributed by atoms with van der Waals surface area (Å²) >= 11 is 17.5. The van der Waals surface area contributed by atoms with Crippen LogP contribution in [-0.4, -0.2) is 28.6 Å². The number of ether oxygens (including phenoxy) is 1. The van der Waals surface area contributed by atoms with Crippen molar-refractivity contribution in [2.45, 2.75) is 11.2 Å². The van der Waals surface area contributed by atoms with Gasteiger partial charge in [0.1, 0.15) is 23.1 Å². The van der Waals surface area contributed by atoms with E-state index in [1.165, 1.54) is 34.6 Å². The average molecular weight is 510 g/mol. The lowest BCUT2D eigenvalue weighted by atomic mass is 10.2. The largest absolute Gasteiger partial charge is 0.486 e. The molecule has 2 heterocycles. The lowest BCUT2D eigenvalue weighted by molar-refractivity contribution is 0.0950. The van der Waals surface area contributed by atoms with Gasteiger partial charge in [0.15, 0.2) is 0 Å². The third-order valence-electron chi connectivity index (χ3n) is 4.28. The van der Waals surface area contributed by atoms with Crippen LogP contribution in [0, 0.1) is 0 Å². The summed E-state index contributed by atoms with van der Waals surface area (Å²) in [5.41, 5.74) is 4.56. The summed E-state index contributed by atoms with van der Waals surface area (Å²) in [6.07, 6.45) is 1.41. The van der Waals surface area contributed by atoms with E-state index >= 15 is 0 Å². The molecule has 0 unspecified atom stereocenters. The number of halogens is 2. The van der Waals surface area contributed by atoms with E-state index in [4.69, 9.17) is 27.9 Å². The molecule has 160 valence electrons. The summed E-state index contributed by atoms with van der Waals surface area (Å²) in [5, 5.41) is 7.20. The van der Waals surface area contributed by atoms with Crippen molar-refractivity contribution in [1.82, 2.24) is 10.4 Å². The molecular weight excluding hydrogens is 493 g/mol. The Labute approximate surface area is 202 Å². The minimum Gasteiger partial charge on any atom is -0.486 e. The Bertz CT molecular complexity index is 1060. The predicted molar refractivity (Wildman–Crippen MR) is 132 cm³/mol. The highest BCUT2D eigenvalue weighted by molar-refractivity contribution is 8.19. The van der Waals surface area contributed by atoms with E-state index in [0.717, 1.165) is 5.75 Å². The minimum absolute atomic E-state index is 0.275. The molecule has 31 heavy (non-hydrogen) atoms. The van der Waals surface area contributed by atoms with Crippen molar-refractivity contribution >= 4 is 70.2 Å². The van der Waals surface area contributed by atoms with Gasteiger partial charge in [0.2, 0.25) is 0 Å². The molecule has 1 fully saturated rings. The van der Waals surface area contributed by atoms with Gasteiger partial charge in [-0.15, -0.1) is 34.9 Å². The molecule has 3 aromatic rings. The quantitative estimate of drug-likeness (QED) is 0.300. The fraction of sp³-hybridized carbons (Fsp3) is 0.190. The monoisotopic (exact) mass is 509 g/mol. The second-order valence-corrected chi connectivity index (χ2v) is 10.9. The van der Waals surface area contributed by atoms with Crippen molar-refractivity contribution in [3.8, 4) is 5.75 Å². The maximum Gasteiger partial charge on any atom is 0.290 e. The lowest BCUT2D eigenvalue weighted by Crippen LogP contribution is -2.18. The van der Waals surface area contributed by atoms with Crippen LogP contribution in [0.25, 0.3) is 0 Å². The summed E-state index contributed by atoms with van der Waals surface area (Å²) in [4.78, 5) is 16.6. The first kappa shape index (κ1) is 22.5. The Morgan fingerprint density at radius 3 is 2.58 bits per heavy atom. The van der Waals surface area contributed by atoms with Gasteiger partial charge < -0.3 is 4.74 Å². The zero-order valence-electron chi connectivity index (χ0n) is 16.1. The highest BCUT2D eigenvalue weighted by atomic mass is 35.5. The molecule has 1 saturated heterocycles. The molecule has 0 radical (unpaired) electrons. The molecule has 1 aliphatic rings. The van der Waals surface area contributed by atoms with E-state index in [-0.39, 0.29) is 5.69 Å². The van der Waals surface area contributed by atoms with E-state index in [0.29, 0.717) is 31.8 Å². The van der Waals surface area contributed by atoms with E-state index < -0.39 is 5.91 Å². The number of benzene rings is 2. The molecular formula is C21H17Cl2N3O2S3. The molecule has 1 amide bonds. The SMILES string of the molecule is O=C(N/N=C\c1c(Cl)cccc1Cl)c1csc(COc2ccc(C3SCCS3)cc2)n1. The van der Waals surface area contributed by atoms with Crippen LogP contribution in [0.2, 0.25) is 10.0 Å². The van der Waals surface area contributed by atoms with E-state index in [2.05, 4.69) is 27.6 Å². The van der Waals surface area contributed by atoms with Gasteiger partial charge in [-0.1, -0.05) is 41.4 Å². The average Bonchev–Trinajstić information content (AvgIpc) is 3.47. The maximum absolute atomic E-state index is 12.3. The number of hydrogen-bond acceptors (Lipinski definition) is 7. The Balaban J connectivity index is 1.29. The Morgan fingerprint density at radius 1 is 1.16 bits per heavy atom. The molecule has 0 aliphatic carbocycles. The highest BCUT2D eigenvalue weighted by Gasteiger charge is 2.18. The predicted octanol–water partition coefficient (Wildman–Crippen LogP) is 6.27.